The lowest BCUT2D eigenvalue weighted by atomic mass is 10.2. The van der Waals surface area contributed by atoms with E-state index in [1.54, 1.807) is 36.0 Å². The molecule has 1 amide bonds. The highest BCUT2D eigenvalue weighted by Gasteiger charge is 2.20. The summed E-state index contributed by atoms with van der Waals surface area (Å²) < 4.78 is 31.5. The minimum Gasteiger partial charge on any atom is -0.489 e. The standard InChI is InChI=1S/C25H27ClN2O4S2/c1-34(30,31)28(17-25(29)27-15-16-33-19-21-7-9-22(26)10-8-21)23-11-13-24(14-12-23)32-18-20-5-3-2-4-6-20/h2-14H,15-19H2,1H3,(H,27,29). The number of thioether (sulfide) groups is 1. The van der Waals surface area contributed by atoms with Gasteiger partial charge in [0.25, 0.3) is 0 Å². The number of halogens is 1. The van der Waals surface area contributed by atoms with Crippen molar-refractivity contribution in [1.29, 1.82) is 0 Å². The van der Waals surface area contributed by atoms with Crippen molar-refractivity contribution < 1.29 is 17.9 Å². The zero-order valence-corrected chi connectivity index (χ0v) is 21.2. The van der Waals surface area contributed by atoms with Gasteiger partial charge < -0.3 is 10.1 Å². The molecule has 0 radical (unpaired) electrons. The Morgan fingerprint density at radius 1 is 0.971 bits per heavy atom. The zero-order valence-electron chi connectivity index (χ0n) is 18.8. The summed E-state index contributed by atoms with van der Waals surface area (Å²) in [5, 5.41) is 3.49. The average Bonchev–Trinajstić information content (AvgIpc) is 2.82. The quantitative estimate of drug-likeness (QED) is 0.351. The first-order chi connectivity index (χ1) is 16.3. The van der Waals surface area contributed by atoms with Gasteiger partial charge in [-0.3, -0.25) is 9.10 Å². The number of nitrogens with one attached hydrogen (secondary N) is 1. The molecule has 0 saturated heterocycles. The van der Waals surface area contributed by atoms with Gasteiger partial charge in [0.05, 0.1) is 11.9 Å². The highest BCUT2D eigenvalue weighted by molar-refractivity contribution is 7.98. The molecule has 3 aromatic carbocycles. The van der Waals surface area contributed by atoms with Gasteiger partial charge in [-0.25, -0.2) is 8.42 Å². The lowest BCUT2D eigenvalue weighted by Gasteiger charge is -2.22. The minimum absolute atomic E-state index is 0.287. The summed E-state index contributed by atoms with van der Waals surface area (Å²) in [5.74, 6) is 1.77. The van der Waals surface area contributed by atoms with Crippen LogP contribution in [0.3, 0.4) is 0 Å². The van der Waals surface area contributed by atoms with Crippen LogP contribution < -0.4 is 14.4 Å². The molecule has 0 aliphatic heterocycles. The molecule has 0 aliphatic carbocycles. The van der Waals surface area contributed by atoms with Crippen molar-refractivity contribution in [3.05, 3.63) is 95.0 Å². The molecule has 0 unspecified atom stereocenters. The number of anilines is 1. The van der Waals surface area contributed by atoms with Gasteiger partial charge in [-0.05, 0) is 47.5 Å². The SMILES string of the molecule is CS(=O)(=O)N(CC(=O)NCCSCc1ccc(Cl)cc1)c1ccc(OCc2ccccc2)cc1. The van der Waals surface area contributed by atoms with Crippen LogP contribution in [0.4, 0.5) is 5.69 Å². The number of benzene rings is 3. The van der Waals surface area contributed by atoms with Crippen molar-refractivity contribution >= 4 is 45.0 Å². The van der Waals surface area contributed by atoms with Crippen molar-refractivity contribution in [2.45, 2.75) is 12.4 Å². The summed E-state index contributed by atoms with van der Waals surface area (Å²) in [7, 11) is -3.64. The molecule has 0 spiro atoms. The first kappa shape index (κ1) is 25.9. The highest BCUT2D eigenvalue weighted by Crippen LogP contribution is 2.22. The molecule has 0 aliphatic rings. The molecule has 9 heteroatoms. The van der Waals surface area contributed by atoms with Crippen LogP contribution in [0.5, 0.6) is 5.75 Å². The van der Waals surface area contributed by atoms with E-state index in [0.717, 1.165) is 27.4 Å². The molecule has 3 aromatic rings. The van der Waals surface area contributed by atoms with Crippen LogP contribution in [-0.4, -0.2) is 39.4 Å². The number of nitrogens with zero attached hydrogens (tertiary/aromatic N) is 1. The van der Waals surface area contributed by atoms with Crippen LogP contribution in [0.2, 0.25) is 5.02 Å². The Labute approximate surface area is 210 Å². The topological polar surface area (TPSA) is 75.7 Å². The maximum atomic E-state index is 12.4. The lowest BCUT2D eigenvalue weighted by Crippen LogP contribution is -2.41. The number of ether oxygens (including phenoxy) is 1. The van der Waals surface area contributed by atoms with Crippen LogP contribution in [0.25, 0.3) is 0 Å². The fourth-order valence-electron chi connectivity index (χ4n) is 3.07. The average molecular weight is 519 g/mol. The molecule has 180 valence electrons. The third-order valence-corrected chi connectivity index (χ3v) is 7.23. The van der Waals surface area contributed by atoms with E-state index in [2.05, 4.69) is 5.32 Å². The predicted molar refractivity (Wildman–Crippen MR) is 140 cm³/mol. The second-order valence-corrected chi connectivity index (χ2v) is 11.0. The van der Waals surface area contributed by atoms with Crippen molar-refractivity contribution in [2.24, 2.45) is 0 Å². The Balaban J connectivity index is 1.47. The Kier molecular flexibility index (Phi) is 9.68. The molecule has 6 nitrogen and oxygen atoms in total. The first-order valence-corrected chi connectivity index (χ1v) is 14.0. The molecular formula is C25H27ClN2O4S2. The third kappa shape index (κ3) is 8.59. The van der Waals surface area contributed by atoms with Crippen LogP contribution in [0, 0.1) is 0 Å². The summed E-state index contributed by atoms with van der Waals surface area (Å²) in [6.07, 6.45) is 1.09. The van der Waals surface area contributed by atoms with Crippen molar-refractivity contribution in [3.63, 3.8) is 0 Å². The fraction of sp³-hybridized carbons (Fsp3) is 0.240. The third-order valence-electron chi connectivity index (χ3n) is 4.81. The molecule has 3 rings (SSSR count). The highest BCUT2D eigenvalue weighted by atomic mass is 35.5. The van der Waals surface area contributed by atoms with Crippen molar-refractivity contribution in [2.75, 3.05) is 29.4 Å². The van der Waals surface area contributed by atoms with Gasteiger partial charge in [-0.15, -0.1) is 0 Å². The van der Waals surface area contributed by atoms with E-state index in [1.165, 1.54) is 0 Å². The number of amides is 1. The van der Waals surface area contributed by atoms with Gasteiger partial charge in [-0.2, -0.15) is 11.8 Å². The molecule has 1 N–H and O–H groups in total. The largest absolute Gasteiger partial charge is 0.489 e. The van der Waals surface area contributed by atoms with Crippen LogP contribution >= 0.6 is 23.4 Å². The molecule has 0 aromatic heterocycles. The molecule has 0 fully saturated rings. The van der Waals surface area contributed by atoms with Gasteiger partial charge in [0.15, 0.2) is 0 Å². The smallest absolute Gasteiger partial charge is 0.240 e. The molecule has 0 saturated carbocycles. The monoisotopic (exact) mass is 518 g/mol. The van der Waals surface area contributed by atoms with E-state index >= 15 is 0 Å². The van der Waals surface area contributed by atoms with E-state index in [-0.39, 0.29) is 12.5 Å². The molecule has 0 atom stereocenters. The zero-order chi connectivity index (χ0) is 24.4. The second-order valence-electron chi connectivity index (χ2n) is 7.57. The van der Waals surface area contributed by atoms with Crippen LogP contribution in [0.15, 0.2) is 78.9 Å². The van der Waals surface area contributed by atoms with E-state index in [9.17, 15) is 13.2 Å². The Morgan fingerprint density at radius 3 is 2.29 bits per heavy atom. The number of carbonyl (C=O) groups is 1. The Morgan fingerprint density at radius 2 is 1.65 bits per heavy atom. The number of carbonyl (C=O) groups excluding carboxylic acids is 1. The first-order valence-electron chi connectivity index (χ1n) is 10.6. The van der Waals surface area contributed by atoms with E-state index < -0.39 is 10.0 Å². The van der Waals surface area contributed by atoms with Gasteiger partial charge >= 0.3 is 0 Å². The maximum absolute atomic E-state index is 12.4. The second kappa shape index (κ2) is 12.7. The lowest BCUT2D eigenvalue weighted by molar-refractivity contribution is -0.119. The molecular weight excluding hydrogens is 492 g/mol. The molecule has 34 heavy (non-hydrogen) atoms. The molecule has 0 bridgehead atoms. The summed E-state index contributed by atoms with van der Waals surface area (Å²) in [5.41, 5.74) is 2.59. The van der Waals surface area contributed by atoms with E-state index in [1.807, 2.05) is 54.6 Å². The Bertz CT molecular complexity index is 1160. The molecule has 0 heterocycles. The summed E-state index contributed by atoms with van der Waals surface area (Å²) in [6.45, 7) is 0.570. The maximum Gasteiger partial charge on any atom is 0.240 e. The summed E-state index contributed by atoms with van der Waals surface area (Å²) in [4.78, 5) is 12.4. The van der Waals surface area contributed by atoms with Crippen LogP contribution in [-0.2, 0) is 27.2 Å². The van der Waals surface area contributed by atoms with Crippen molar-refractivity contribution in [1.82, 2.24) is 5.32 Å². The number of sulfonamides is 1. The summed E-state index contributed by atoms with van der Waals surface area (Å²) in [6, 6.07) is 24.0. The number of rotatable bonds is 12. The van der Waals surface area contributed by atoms with Crippen LogP contribution in [0.1, 0.15) is 11.1 Å². The van der Waals surface area contributed by atoms with E-state index in [0.29, 0.717) is 35.4 Å². The Hall–Kier alpha value is -2.68. The number of hydrogen-bond donors (Lipinski definition) is 1. The van der Waals surface area contributed by atoms with Gasteiger partial charge in [0.2, 0.25) is 15.9 Å². The van der Waals surface area contributed by atoms with Crippen molar-refractivity contribution in [3.8, 4) is 5.75 Å². The predicted octanol–water partition coefficient (Wildman–Crippen LogP) is 4.73. The number of hydrogen-bond acceptors (Lipinski definition) is 5. The summed E-state index contributed by atoms with van der Waals surface area (Å²) >= 11 is 7.56. The minimum atomic E-state index is -3.64. The van der Waals surface area contributed by atoms with Gasteiger partial charge in [0.1, 0.15) is 18.9 Å². The van der Waals surface area contributed by atoms with Gasteiger partial charge in [-0.1, -0.05) is 54.1 Å². The fourth-order valence-corrected chi connectivity index (χ4v) is 4.87. The normalized spacial score (nSPS) is 11.1. The van der Waals surface area contributed by atoms with Gasteiger partial charge in [0, 0.05) is 23.1 Å². The van der Waals surface area contributed by atoms with E-state index in [4.69, 9.17) is 16.3 Å².